The van der Waals surface area contributed by atoms with E-state index in [4.69, 9.17) is 4.74 Å². The van der Waals surface area contributed by atoms with E-state index < -0.39 is 0 Å². The lowest BCUT2D eigenvalue weighted by Crippen LogP contribution is -2.29. The van der Waals surface area contributed by atoms with Crippen molar-refractivity contribution in [2.24, 2.45) is 0 Å². The smallest absolute Gasteiger partial charge is 0.338 e. The Morgan fingerprint density at radius 2 is 1.72 bits per heavy atom. The van der Waals surface area contributed by atoms with Crippen LogP contribution >= 0.6 is 0 Å². The van der Waals surface area contributed by atoms with Crippen LogP contribution in [-0.4, -0.2) is 31.6 Å². The van der Waals surface area contributed by atoms with Crippen LogP contribution in [0, 0.1) is 0 Å². The number of benzene rings is 2. The molecule has 2 aromatic carbocycles. The van der Waals surface area contributed by atoms with Crippen molar-refractivity contribution in [3.8, 4) is 0 Å². The molecule has 0 unspecified atom stereocenters. The van der Waals surface area contributed by atoms with Crippen molar-refractivity contribution < 1.29 is 14.3 Å². The molecule has 2 rings (SSSR count). The lowest BCUT2D eigenvalue weighted by Gasteiger charge is -2.08. The number of anilines is 1. The Morgan fingerprint density at radius 1 is 1.00 bits per heavy atom. The first-order valence-corrected chi connectivity index (χ1v) is 8.50. The molecule has 132 valence electrons. The summed E-state index contributed by atoms with van der Waals surface area (Å²) in [5, 5.41) is 5.92. The molecule has 0 aliphatic heterocycles. The van der Waals surface area contributed by atoms with E-state index in [9.17, 15) is 9.59 Å². The van der Waals surface area contributed by atoms with E-state index in [2.05, 4.69) is 22.8 Å². The summed E-state index contributed by atoms with van der Waals surface area (Å²) in [7, 11) is 0. The molecule has 0 atom stereocenters. The van der Waals surface area contributed by atoms with Gasteiger partial charge in [0.2, 0.25) is 5.91 Å². The number of amides is 1. The average molecular weight is 340 g/mol. The maximum Gasteiger partial charge on any atom is 0.338 e. The van der Waals surface area contributed by atoms with Gasteiger partial charge < -0.3 is 15.4 Å². The van der Waals surface area contributed by atoms with Gasteiger partial charge >= 0.3 is 5.97 Å². The largest absolute Gasteiger partial charge is 0.462 e. The van der Waals surface area contributed by atoms with Crippen molar-refractivity contribution in [1.82, 2.24) is 5.32 Å². The number of carbonyl (C=O) groups excluding carboxylic acids is 2. The zero-order valence-electron chi connectivity index (χ0n) is 14.5. The van der Waals surface area contributed by atoms with Crippen LogP contribution in [0.2, 0.25) is 0 Å². The topological polar surface area (TPSA) is 67.4 Å². The van der Waals surface area contributed by atoms with E-state index in [0.717, 1.165) is 19.4 Å². The minimum absolute atomic E-state index is 0.116. The predicted octanol–water partition coefficient (Wildman–Crippen LogP) is 3.02. The van der Waals surface area contributed by atoms with Gasteiger partial charge in [0.25, 0.3) is 0 Å². The molecule has 0 saturated carbocycles. The Labute approximate surface area is 148 Å². The Bertz CT molecular complexity index is 669. The fourth-order valence-electron chi connectivity index (χ4n) is 2.25. The van der Waals surface area contributed by atoms with E-state index in [1.807, 2.05) is 25.1 Å². The van der Waals surface area contributed by atoms with E-state index in [1.165, 1.54) is 5.56 Å². The summed E-state index contributed by atoms with van der Waals surface area (Å²) in [6.45, 7) is 3.33. The Kier molecular flexibility index (Phi) is 7.66. The van der Waals surface area contributed by atoms with Gasteiger partial charge in [0.05, 0.1) is 18.7 Å². The van der Waals surface area contributed by atoms with Gasteiger partial charge in [-0.25, -0.2) is 4.79 Å². The highest BCUT2D eigenvalue weighted by atomic mass is 16.5. The third-order valence-corrected chi connectivity index (χ3v) is 3.56. The molecule has 0 saturated heterocycles. The first kappa shape index (κ1) is 18.7. The first-order chi connectivity index (χ1) is 12.2. The molecule has 1 amide bonds. The fraction of sp³-hybridized carbons (Fsp3) is 0.300. The van der Waals surface area contributed by atoms with Crippen LogP contribution < -0.4 is 10.6 Å². The summed E-state index contributed by atoms with van der Waals surface area (Å²) in [6, 6.07) is 16.8. The fourth-order valence-corrected chi connectivity index (χ4v) is 2.25. The second-order valence-corrected chi connectivity index (χ2v) is 5.67. The third-order valence-electron chi connectivity index (χ3n) is 3.56. The highest BCUT2D eigenvalue weighted by Crippen LogP contribution is 2.10. The standard InChI is InChI=1S/C20H24N2O3/c1-2-14-25-20(24)17-8-10-18(11-9-17)22-19(23)15-21-13-12-16-6-4-3-5-7-16/h3-11,21H,2,12-15H2,1H3,(H,22,23). The van der Waals surface area contributed by atoms with Crippen molar-refractivity contribution in [3.05, 3.63) is 65.7 Å². The van der Waals surface area contributed by atoms with Crippen molar-refractivity contribution in [2.75, 3.05) is 25.0 Å². The van der Waals surface area contributed by atoms with E-state index in [-0.39, 0.29) is 18.4 Å². The van der Waals surface area contributed by atoms with Crippen LogP contribution in [0.4, 0.5) is 5.69 Å². The van der Waals surface area contributed by atoms with E-state index >= 15 is 0 Å². The predicted molar refractivity (Wildman–Crippen MR) is 98.7 cm³/mol. The number of ether oxygens (including phenoxy) is 1. The van der Waals surface area contributed by atoms with Gasteiger partial charge in [-0.15, -0.1) is 0 Å². The van der Waals surface area contributed by atoms with Gasteiger partial charge in [-0.05, 0) is 49.2 Å². The molecule has 0 radical (unpaired) electrons. The highest BCUT2D eigenvalue weighted by Gasteiger charge is 2.07. The third kappa shape index (κ3) is 6.77. The van der Waals surface area contributed by atoms with Gasteiger partial charge in [0, 0.05) is 5.69 Å². The van der Waals surface area contributed by atoms with Crippen LogP contribution in [0.1, 0.15) is 29.3 Å². The summed E-state index contributed by atoms with van der Waals surface area (Å²) in [4.78, 5) is 23.6. The van der Waals surface area contributed by atoms with Gasteiger partial charge in [-0.1, -0.05) is 37.3 Å². The van der Waals surface area contributed by atoms with Crippen molar-refractivity contribution in [3.63, 3.8) is 0 Å². The minimum atomic E-state index is -0.345. The molecule has 0 aromatic heterocycles. The van der Waals surface area contributed by atoms with Crippen LogP contribution in [0.5, 0.6) is 0 Å². The summed E-state index contributed by atoms with van der Waals surface area (Å²) in [5.74, 6) is -0.461. The lowest BCUT2D eigenvalue weighted by atomic mass is 10.1. The highest BCUT2D eigenvalue weighted by molar-refractivity contribution is 5.94. The summed E-state index contributed by atoms with van der Waals surface area (Å²) < 4.78 is 5.06. The second kappa shape index (κ2) is 10.3. The molecule has 0 fully saturated rings. The molecule has 0 heterocycles. The Morgan fingerprint density at radius 3 is 2.40 bits per heavy atom. The van der Waals surface area contributed by atoms with Crippen molar-refractivity contribution in [2.45, 2.75) is 19.8 Å². The molecular formula is C20H24N2O3. The van der Waals surface area contributed by atoms with Crippen LogP contribution in [0.25, 0.3) is 0 Å². The number of carbonyl (C=O) groups is 2. The number of hydrogen-bond donors (Lipinski definition) is 2. The molecule has 2 N–H and O–H groups in total. The quantitative estimate of drug-likeness (QED) is 0.544. The van der Waals surface area contributed by atoms with Gasteiger partial charge in [0.15, 0.2) is 0 Å². The minimum Gasteiger partial charge on any atom is -0.462 e. The van der Waals surface area contributed by atoms with Gasteiger partial charge in [-0.2, -0.15) is 0 Å². The first-order valence-electron chi connectivity index (χ1n) is 8.50. The molecular weight excluding hydrogens is 316 g/mol. The maximum absolute atomic E-state index is 11.9. The Hall–Kier alpha value is -2.66. The number of rotatable bonds is 9. The van der Waals surface area contributed by atoms with Gasteiger partial charge in [0.1, 0.15) is 0 Å². The maximum atomic E-state index is 11.9. The zero-order chi connectivity index (χ0) is 17.9. The summed E-state index contributed by atoms with van der Waals surface area (Å²) in [6.07, 6.45) is 1.67. The molecule has 2 aromatic rings. The van der Waals surface area contributed by atoms with Crippen molar-refractivity contribution >= 4 is 17.6 Å². The number of esters is 1. The molecule has 0 bridgehead atoms. The van der Waals surface area contributed by atoms with Gasteiger partial charge in [-0.3, -0.25) is 4.79 Å². The molecule has 25 heavy (non-hydrogen) atoms. The van der Waals surface area contributed by atoms with Crippen LogP contribution in [-0.2, 0) is 16.0 Å². The second-order valence-electron chi connectivity index (χ2n) is 5.67. The van der Waals surface area contributed by atoms with Crippen LogP contribution in [0.3, 0.4) is 0 Å². The molecule has 0 aliphatic carbocycles. The lowest BCUT2D eigenvalue weighted by molar-refractivity contribution is -0.115. The molecule has 0 spiro atoms. The number of nitrogens with one attached hydrogen (secondary N) is 2. The van der Waals surface area contributed by atoms with E-state index in [0.29, 0.717) is 17.9 Å². The Balaban J connectivity index is 1.70. The van der Waals surface area contributed by atoms with E-state index in [1.54, 1.807) is 24.3 Å². The normalized spacial score (nSPS) is 10.3. The molecule has 0 aliphatic rings. The summed E-state index contributed by atoms with van der Waals surface area (Å²) in [5.41, 5.74) is 2.37. The zero-order valence-corrected chi connectivity index (χ0v) is 14.5. The van der Waals surface area contributed by atoms with Crippen LogP contribution in [0.15, 0.2) is 54.6 Å². The molecule has 5 nitrogen and oxygen atoms in total. The number of hydrogen-bond acceptors (Lipinski definition) is 4. The van der Waals surface area contributed by atoms with Crippen molar-refractivity contribution in [1.29, 1.82) is 0 Å². The average Bonchev–Trinajstić information content (AvgIpc) is 2.65. The monoisotopic (exact) mass is 340 g/mol. The molecule has 5 heteroatoms. The summed E-state index contributed by atoms with van der Waals surface area (Å²) >= 11 is 0. The SMILES string of the molecule is CCCOC(=O)c1ccc(NC(=O)CNCCc2ccccc2)cc1.